The lowest BCUT2D eigenvalue weighted by molar-refractivity contribution is -0.139. The summed E-state index contributed by atoms with van der Waals surface area (Å²) in [4.78, 5) is 10.7. The first-order chi connectivity index (χ1) is 8.36. The Morgan fingerprint density at radius 3 is 2.39 bits per heavy atom. The second-order valence-corrected chi connectivity index (χ2v) is 5.47. The van der Waals surface area contributed by atoms with E-state index < -0.39 is 27.9 Å². The smallest absolute Gasteiger partial charge is 0.321 e. The van der Waals surface area contributed by atoms with Gasteiger partial charge in [-0.1, -0.05) is 13.3 Å². The van der Waals surface area contributed by atoms with Crippen LogP contribution in [0.3, 0.4) is 0 Å². The molecule has 1 atom stereocenters. The second kappa shape index (κ2) is 5.92. The molecule has 100 valence electrons. The summed E-state index contributed by atoms with van der Waals surface area (Å²) in [6.07, 6.45) is 0.721. The van der Waals surface area contributed by atoms with Gasteiger partial charge in [0.1, 0.15) is 11.9 Å². The average Bonchev–Trinajstić information content (AvgIpc) is 2.28. The molecule has 0 aliphatic rings. The lowest BCUT2D eigenvalue weighted by atomic mass is 10.2. The molecule has 2 N–H and O–H groups in total. The van der Waals surface area contributed by atoms with E-state index >= 15 is 0 Å². The standard InChI is InChI=1S/C11H14FNO4S/c1-2-3-10(11(14)15)13-18(16,17)9-6-4-8(12)5-7-9/h4-7,10,13H,2-3H2,1H3,(H,14,15). The third-order valence-corrected chi connectivity index (χ3v) is 3.78. The first-order valence-electron chi connectivity index (χ1n) is 5.37. The number of carboxylic acids is 1. The summed E-state index contributed by atoms with van der Waals surface area (Å²) in [5.41, 5.74) is 0. The Labute approximate surface area is 105 Å². The molecule has 1 unspecified atom stereocenters. The Kier molecular flexibility index (Phi) is 4.80. The van der Waals surface area contributed by atoms with E-state index in [4.69, 9.17) is 5.11 Å². The Morgan fingerprint density at radius 2 is 1.94 bits per heavy atom. The molecule has 1 aromatic rings. The summed E-state index contributed by atoms with van der Waals surface area (Å²) < 4.78 is 38.4. The van der Waals surface area contributed by atoms with Gasteiger partial charge in [0.25, 0.3) is 0 Å². The van der Waals surface area contributed by atoms with Crippen LogP contribution in [0.5, 0.6) is 0 Å². The van der Waals surface area contributed by atoms with Gasteiger partial charge in [-0.2, -0.15) is 4.72 Å². The van der Waals surface area contributed by atoms with Gasteiger partial charge >= 0.3 is 5.97 Å². The number of hydrogen-bond donors (Lipinski definition) is 2. The van der Waals surface area contributed by atoms with Gasteiger partial charge in [-0.15, -0.1) is 0 Å². The Morgan fingerprint density at radius 1 is 1.39 bits per heavy atom. The molecule has 0 aliphatic carbocycles. The Bertz CT molecular complexity index is 512. The summed E-state index contributed by atoms with van der Waals surface area (Å²) in [5, 5.41) is 8.87. The highest BCUT2D eigenvalue weighted by Gasteiger charge is 2.24. The summed E-state index contributed by atoms with van der Waals surface area (Å²) in [6.45, 7) is 1.75. The second-order valence-electron chi connectivity index (χ2n) is 3.75. The van der Waals surface area contributed by atoms with Crippen molar-refractivity contribution in [1.82, 2.24) is 4.72 Å². The molecule has 18 heavy (non-hydrogen) atoms. The van der Waals surface area contributed by atoms with Crippen molar-refractivity contribution < 1.29 is 22.7 Å². The van der Waals surface area contributed by atoms with Gasteiger partial charge in [0.05, 0.1) is 4.90 Å². The van der Waals surface area contributed by atoms with E-state index in [0.29, 0.717) is 6.42 Å². The van der Waals surface area contributed by atoms with Crippen molar-refractivity contribution in [3.05, 3.63) is 30.1 Å². The SMILES string of the molecule is CCCC(NS(=O)(=O)c1ccc(F)cc1)C(=O)O. The maximum absolute atomic E-state index is 12.7. The lowest BCUT2D eigenvalue weighted by Crippen LogP contribution is -2.40. The Balaban J connectivity index is 2.93. The van der Waals surface area contributed by atoms with Crippen molar-refractivity contribution in [2.24, 2.45) is 0 Å². The molecule has 0 saturated heterocycles. The van der Waals surface area contributed by atoms with E-state index in [1.54, 1.807) is 6.92 Å². The molecule has 0 spiro atoms. The molecule has 0 heterocycles. The number of aliphatic carboxylic acids is 1. The van der Waals surface area contributed by atoms with Crippen molar-refractivity contribution in [3.63, 3.8) is 0 Å². The van der Waals surface area contributed by atoms with Gasteiger partial charge in [-0.3, -0.25) is 4.79 Å². The molecule has 0 radical (unpaired) electrons. The minimum atomic E-state index is -3.94. The third-order valence-electron chi connectivity index (χ3n) is 2.30. The molecule has 0 saturated carbocycles. The molecular formula is C11H14FNO4S. The van der Waals surface area contributed by atoms with Gasteiger partial charge in [-0.25, -0.2) is 12.8 Å². The largest absolute Gasteiger partial charge is 0.480 e. The van der Waals surface area contributed by atoms with E-state index in [2.05, 4.69) is 4.72 Å². The molecule has 0 amide bonds. The van der Waals surface area contributed by atoms with E-state index in [0.717, 1.165) is 24.3 Å². The van der Waals surface area contributed by atoms with Crippen LogP contribution in [0.1, 0.15) is 19.8 Å². The zero-order chi connectivity index (χ0) is 13.8. The number of hydrogen-bond acceptors (Lipinski definition) is 3. The normalized spacial score (nSPS) is 13.2. The van der Waals surface area contributed by atoms with Crippen molar-refractivity contribution >= 4 is 16.0 Å². The summed E-state index contributed by atoms with van der Waals surface area (Å²) >= 11 is 0. The van der Waals surface area contributed by atoms with Gasteiger partial charge in [0, 0.05) is 0 Å². The van der Waals surface area contributed by atoms with Gasteiger partial charge in [-0.05, 0) is 30.7 Å². The monoisotopic (exact) mass is 275 g/mol. The Hall–Kier alpha value is -1.47. The molecule has 5 nitrogen and oxygen atoms in total. The summed E-state index contributed by atoms with van der Waals surface area (Å²) in [7, 11) is -3.94. The number of carbonyl (C=O) groups is 1. The first kappa shape index (κ1) is 14.6. The van der Waals surface area contributed by atoms with Gasteiger partial charge < -0.3 is 5.11 Å². The van der Waals surface area contributed by atoms with Crippen molar-refractivity contribution in [1.29, 1.82) is 0 Å². The van der Waals surface area contributed by atoms with Gasteiger partial charge in [0.15, 0.2) is 0 Å². The minimum absolute atomic E-state index is 0.161. The maximum atomic E-state index is 12.7. The van der Waals surface area contributed by atoms with Crippen LogP contribution in [0, 0.1) is 5.82 Å². The molecule has 0 fully saturated rings. The van der Waals surface area contributed by atoms with E-state index in [9.17, 15) is 17.6 Å². The molecule has 0 aliphatic heterocycles. The number of benzene rings is 1. The quantitative estimate of drug-likeness (QED) is 0.821. The van der Waals surface area contributed by atoms with Crippen LogP contribution in [0.15, 0.2) is 29.2 Å². The zero-order valence-corrected chi connectivity index (χ0v) is 10.6. The summed E-state index contributed by atoms with van der Waals surface area (Å²) in [6, 6.07) is 3.00. The molecule has 7 heteroatoms. The fourth-order valence-corrected chi connectivity index (χ4v) is 2.61. The minimum Gasteiger partial charge on any atom is -0.480 e. The highest BCUT2D eigenvalue weighted by atomic mass is 32.2. The van der Waals surface area contributed by atoms with E-state index in [1.165, 1.54) is 0 Å². The average molecular weight is 275 g/mol. The summed E-state index contributed by atoms with van der Waals surface area (Å²) in [5.74, 6) is -1.79. The molecule has 0 bridgehead atoms. The van der Waals surface area contributed by atoms with Crippen LogP contribution in [-0.4, -0.2) is 25.5 Å². The fourth-order valence-electron chi connectivity index (χ4n) is 1.39. The van der Waals surface area contributed by atoms with Crippen molar-refractivity contribution in [3.8, 4) is 0 Å². The predicted molar refractivity (Wildman–Crippen MR) is 63.1 cm³/mol. The molecular weight excluding hydrogens is 261 g/mol. The first-order valence-corrected chi connectivity index (χ1v) is 6.86. The molecule has 1 aromatic carbocycles. The van der Waals surface area contributed by atoms with Crippen LogP contribution in [-0.2, 0) is 14.8 Å². The van der Waals surface area contributed by atoms with Crippen LogP contribution < -0.4 is 4.72 Å². The van der Waals surface area contributed by atoms with E-state index in [-0.39, 0.29) is 11.3 Å². The molecule has 1 rings (SSSR count). The molecule has 0 aromatic heterocycles. The maximum Gasteiger partial charge on any atom is 0.321 e. The third kappa shape index (κ3) is 3.78. The van der Waals surface area contributed by atoms with Crippen LogP contribution in [0.2, 0.25) is 0 Å². The number of nitrogens with one attached hydrogen (secondary N) is 1. The van der Waals surface area contributed by atoms with Crippen molar-refractivity contribution in [2.45, 2.75) is 30.7 Å². The number of sulfonamides is 1. The highest BCUT2D eigenvalue weighted by Crippen LogP contribution is 2.11. The number of halogens is 1. The van der Waals surface area contributed by atoms with Crippen molar-refractivity contribution in [2.75, 3.05) is 0 Å². The topological polar surface area (TPSA) is 83.5 Å². The van der Waals surface area contributed by atoms with Crippen LogP contribution >= 0.6 is 0 Å². The van der Waals surface area contributed by atoms with Crippen LogP contribution in [0.25, 0.3) is 0 Å². The number of carboxylic acid groups (broad SMARTS) is 1. The zero-order valence-electron chi connectivity index (χ0n) is 9.76. The fraction of sp³-hybridized carbons (Fsp3) is 0.364. The van der Waals surface area contributed by atoms with E-state index in [1.807, 2.05) is 0 Å². The van der Waals surface area contributed by atoms with Gasteiger partial charge in [0.2, 0.25) is 10.0 Å². The lowest BCUT2D eigenvalue weighted by Gasteiger charge is -2.13. The highest BCUT2D eigenvalue weighted by molar-refractivity contribution is 7.89. The predicted octanol–water partition coefficient (Wildman–Crippen LogP) is 1.36. The number of rotatable bonds is 6. The van der Waals surface area contributed by atoms with Crippen LogP contribution in [0.4, 0.5) is 4.39 Å².